The summed E-state index contributed by atoms with van der Waals surface area (Å²) in [4.78, 5) is 10.5. The van der Waals surface area contributed by atoms with Crippen LogP contribution in [0.5, 0.6) is 0 Å². The van der Waals surface area contributed by atoms with Crippen LogP contribution in [0.25, 0.3) is 0 Å². The van der Waals surface area contributed by atoms with Crippen LogP contribution in [0.2, 0.25) is 0 Å². The molecule has 0 aromatic carbocycles. The highest BCUT2D eigenvalue weighted by atomic mass is 16.3. The van der Waals surface area contributed by atoms with Gasteiger partial charge in [0, 0.05) is 5.41 Å². The Labute approximate surface area is 105 Å². The Hall–Kier alpha value is -1.71. The summed E-state index contributed by atoms with van der Waals surface area (Å²) in [5, 5.41) is 26.0. The quantitative estimate of drug-likeness (QED) is 0.356. The standard InChI is InChI=1S/C6H14O3.C3H6N6/c1-2-6(3-7,4-8)5-9;4-1-7-2(5)9-3(6)8-1/h7-9H,2-5H2,1H3;(H6,4,5,6,7,8,9). The molecule has 1 aromatic heterocycles. The third-order valence-electron chi connectivity index (χ3n) is 2.44. The SMILES string of the molecule is CCC(CO)(CO)CO.Nc1nc(N)nc(N)n1. The van der Waals surface area contributed by atoms with Crippen molar-refractivity contribution in [1.82, 2.24) is 15.0 Å². The van der Waals surface area contributed by atoms with Crippen molar-refractivity contribution in [2.24, 2.45) is 5.41 Å². The van der Waals surface area contributed by atoms with Gasteiger partial charge in [0.1, 0.15) is 0 Å². The largest absolute Gasteiger partial charge is 0.396 e. The molecule has 0 fully saturated rings. The topological polar surface area (TPSA) is 177 Å². The Morgan fingerprint density at radius 1 is 0.833 bits per heavy atom. The highest BCUT2D eigenvalue weighted by Crippen LogP contribution is 2.18. The van der Waals surface area contributed by atoms with E-state index in [1.54, 1.807) is 0 Å². The first-order valence-corrected chi connectivity index (χ1v) is 5.28. The fourth-order valence-electron chi connectivity index (χ4n) is 0.913. The molecule has 0 aliphatic carbocycles. The molecule has 104 valence electrons. The molecule has 1 aromatic rings. The highest BCUT2D eigenvalue weighted by Gasteiger charge is 2.24. The molecule has 0 aliphatic heterocycles. The van der Waals surface area contributed by atoms with E-state index in [-0.39, 0.29) is 37.7 Å². The Morgan fingerprint density at radius 3 is 1.22 bits per heavy atom. The molecule has 0 saturated carbocycles. The lowest BCUT2D eigenvalue weighted by molar-refractivity contribution is 0.00304. The fraction of sp³-hybridized carbons (Fsp3) is 0.667. The summed E-state index contributed by atoms with van der Waals surface area (Å²) >= 11 is 0. The van der Waals surface area contributed by atoms with Gasteiger partial charge in [0.25, 0.3) is 0 Å². The van der Waals surface area contributed by atoms with Gasteiger partial charge in [-0.2, -0.15) is 15.0 Å². The van der Waals surface area contributed by atoms with Gasteiger partial charge >= 0.3 is 0 Å². The predicted molar refractivity (Wildman–Crippen MR) is 67.0 cm³/mol. The van der Waals surface area contributed by atoms with Crippen LogP contribution < -0.4 is 17.2 Å². The molecule has 1 rings (SSSR count). The number of aliphatic hydroxyl groups excluding tert-OH is 3. The summed E-state index contributed by atoms with van der Waals surface area (Å²) in [7, 11) is 0. The van der Waals surface area contributed by atoms with Crippen LogP contribution in [-0.4, -0.2) is 50.1 Å². The summed E-state index contributed by atoms with van der Waals surface area (Å²) in [5.41, 5.74) is 14.7. The smallest absolute Gasteiger partial charge is 0.226 e. The Bertz CT molecular complexity index is 290. The van der Waals surface area contributed by atoms with Crippen molar-refractivity contribution < 1.29 is 15.3 Å². The summed E-state index contributed by atoms with van der Waals surface area (Å²) in [6.45, 7) is 1.35. The first-order valence-electron chi connectivity index (χ1n) is 5.28. The van der Waals surface area contributed by atoms with Crippen molar-refractivity contribution in [3.63, 3.8) is 0 Å². The zero-order valence-electron chi connectivity index (χ0n) is 10.2. The van der Waals surface area contributed by atoms with Crippen molar-refractivity contribution in [2.75, 3.05) is 37.0 Å². The molecule has 0 amide bonds. The molecular weight excluding hydrogens is 240 g/mol. The molecule has 0 unspecified atom stereocenters. The number of hydrogen-bond acceptors (Lipinski definition) is 9. The maximum absolute atomic E-state index is 8.66. The van der Waals surface area contributed by atoms with Crippen molar-refractivity contribution in [3.05, 3.63) is 0 Å². The summed E-state index contributed by atoms with van der Waals surface area (Å²) < 4.78 is 0. The zero-order chi connectivity index (χ0) is 14.2. The molecule has 1 heterocycles. The lowest BCUT2D eigenvalue weighted by Gasteiger charge is -2.24. The van der Waals surface area contributed by atoms with Gasteiger partial charge < -0.3 is 32.5 Å². The monoisotopic (exact) mass is 260 g/mol. The van der Waals surface area contributed by atoms with E-state index < -0.39 is 5.41 Å². The van der Waals surface area contributed by atoms with E-state index in [0.29, 0.717) is 6.42 Å². The minimum Gasteiger partial charge on any atom is -0.396 e. The molecule has 0 atom stereocenters. The normalized spacial score (nSPS) is 10.7. The second-order valence-electron chi connectivity index (χ2n) is 3.74. The van der Waals surface area contributed by atoms with Gasteiger partial charge in [0.05, 0.1) is 19.8 Å². The van der Waals surface area contributed by atoms with E-state index in [1.807, 2.05) is 6.92 Å². The van der Waals surface area contributed by atoms with Gasteiger partial charge in [-0.3, -0.25) is 0 Å². The number of aromatic nitrogens is 3. The molecular formula is C9H20N6O3. The minimum atomic E-state index is -0.667. The van der Waals surface area contributed by atoms with Crippen molar-refractivity contribution in [1.29, 1.82) is 0 Å². The molecule has 0 saturated heterocycles. The summed E-state index contributed by atoms with van der Waals surface area (Å²) in [5.74, 6) is 0.125. The number of hydrogen-bond donors (Lipinski definition) is 6. The van der Waals surface area contributed by atoms with Gasteiger partial charge in [-0.15, -0.1) is 0 Å². The van der Waals surface area contributed by atoms with E-state index in [2.05, 4.69) is 15.0 Å². The van der Waals surface area contributed by atoms with E-state index in [9.17, 15) is 0 Å². The average molecular weight is 260 g/mol. The second-order valence-corrected chi connectivity index (χ2v) is 3.74. The maximum Gasteiger partial charge on any atom is 0.226 e. The number of aliphatic hydroxyl groups is 3. The van der Waals surface area contributed by atoms with Gasteiger partial charge in [-0.25, -0.2) is 0 Å². The van der Waals surface area contributed by atoms with Crippen molar-refractivity contribution >= 4 is 17.8 Å². The van der Waals surface area contributed by atoms with E-state index in [0.717, 1.165) is 0 Å². The maximum atomic E-state index is 8.66. The molecule has 18 heavy (non-hydrogen) atoms. The lowest BCUT2D eigenvalue weighted by Crippen LogP contribution is -2.32. The molecule has 0 aliphatic rings. The number of anilines is 3. The van der Waals surface area contributed by atoms with E-state index in [4.69, 9.17) is 32.5 Å². The molecule has 0 bridgehead atoms. The predicted octanol–water partition coefficient (Wildman–Crippen LogP) is -2.02. The number of nitrogen functional groups attached to an aromatic ring is 3. The lowest BCUT2D eigenvalue weighted by atomic mass is 9.88. The molecule has 0 spiro atoms. The molecule has 9 heteroatoms. The molecule has 9 N–H and O–H groups in total. The summed E-state index contributed by atoms with van der Waals surface area (Å²) in [6.07, 6.45) is 0.594. The van der Waals surface area contributed by atoms with Crippen molar-refractivity contribution in [3.8, 4) is 0 Å². The van der Waals surface area contributed by atoms with Crippen LogP contribution in [-0.2, 0) is 0 Å². The number of rotatable bonds is 4. The minimum absolute atomic E-state index is 0.0417. The molecule has 0 radical (unpaired) electrons. The van der Waals surface area contributed by atoms with Crippen LogP contribution in [0.4, 0.5) is 17.8 Å². The second kappa shape index (κ2) is 7.58. The van der Waals surface area contributed by atoms with Crippen LogP contribution in [0.15, 0.2) is 0 Å². The Morgan fingerprint density at radius 2 is 1.11 bits per heavy atom. The highest BCUT2D eigenvalue weighted by molar-refractivity contribution is 5.33. The molecule has 9 nitrogen and oxygen atoms in total. The van der Waals surface area contributed by atoms with E-state index >= 15 is 0 Å². The van der Waals surface area contributed by atoms with E-state index in [1.165, 1.54) is 0 Å². The fourth-order valence-corrected chi connectivity index (χ4v) is 0.913. The van der Waals surface area contributed by atoms with Gasteiger partial charge in [-0.05, 0) is 6.42 Å². The van der Waals surface area contributed by atoms with Gasteiger partial charge in [0.2, 0.25) is 17.8 Å². The Kier molecular flexibility index (Phi) is 6.86. The van der Waals surface area contributed by atoms with Crippen LogP contribution >= 0.6 is 0 Å². The Balaban J connectivity index is 0.000000321. The van der Waals surface area contributed by atoms with Gasteiger partial charge in [0.15, 0.2) is 0 Å². The first kappa shape index (κ1) is 16.3. The number of nitrogens with zero attached hydrogens (tertiary/aromatic N) is 3. The van der Waals surface area contributed by atoms with Crippen LogP contribution in [0, 0.1) is 5.41 Å². The van der Waals surface area contributed by atoms with Crippen LogP contribution in [0.1, 0.15) is 13.3 Å². The van der Waals surface area contributed by atoms with Gasteiger partial charge in [-0.1, -0.05) is 6.92 Å². The van der Waals surface area contributed by atoms with Crippen LogP contribution in [0.3, 0.4) is 0 Å². The average Bonchev–Trinajstić information content (AvgIpc) is 2.32. The number of nitrogens with two attached hydrogens (primary N) is 3. The first-order chi connectivity index (χ1) is 8.42. The third kappa shape index (κ3) is 5.08. The zero-order valence-corrected chi connectivity index (χ0v) is 10.2. The third-order valence-corrected chi connectivity index (χ3v) is 2.44. The van der Waals surface area contributed by atoms with Crippen molar-refractivity contribution in [2.45, 2.75) is 13.3 Å². The summed E-state index contributed by atoms with van der Waals surface area (Å²) in [6, 6.07) is 0.